The van der Waals surface area contributed by atoms with Crippen LogP contribution in [-0.2, 0) is 11.0 Å². The van der Waals surface area contributed by atoms with Gasteiger partial charge in [0.2, 0.25) is 0 Å². The first kappa shape index (κ1) is 14.3. The summed E-state index contributed by atoms with van der Waals surface area (Å²) >= 11 is 0. The smallest absolute Gasteiger partial charge is 0.416 e. The monoisotopic (exact) mass is 262 g/mol. The minimum Gasteiger partial charge on any atom is -0.493 e. The largest absolute Gasteiger partial charge is 0.493 e. The van der Waals surface area contributed by atoms with Crippen LogP contribution in [0.25, 0.3) is 0 Å². The number of benzene rings is 1. The van der Waals surface area contributed by atoms with Crippen LogP contribution in [-0.4, -0.2) is 17.7 Å². The molecule has 1 N–H and O–H groups in total. The van der Waals surface area contributed by atoms with Gasteiger partial charge in [0.1, 0.15) is 12.4 Å². The van der Waals surface area contributed by atoms with Gasteiger partial charge in [-0.1, -0.05) is 13.0 Å². The summed E-state index contributed by atoms with van der Waals surface area (Å²) in [6.07, 6.45) is -4.08. The summed E-state index contributed by atoms with van der Waals surface area (Å²) in [7, 11) is 0. The van der Waals surface area contributed by atoms with E-state index in [9.17, 15) is 18.0 Å². The van der Waals surface area contributed by atoms with Gasteiger partial charge in [0.05, 0.1) is 11.5 Å². The SMILES string of the molecule is CCC(COc1cccc(C(F)(F)F)c1)C(=O)O. The Morgan fingerprint density at radius 1 is 1.44 bits per heavy atom. The summed E-state index contributed by atoms with van der Waals surface area (Å²) in [4.78, 5) is 10.7. The van der Waals surface area contributed by atoms with Gasteiger partial charge >= 0.3 is 12.1 Å². The van der Waals surface area contributed by atoms with Gasteiger partial charge in [-0.15, -0.1) is 0 Å². The van der Waals surface area contributed by atoms with E-state index in [1.165, 1.54) is 12.1 Å². The first-order valence-corrected chi connectivity index (χ1v) is 5.37. The number of carboxylic acid groups (broad SMARTS) is 1. The first-order valence-electron chi connectivity index (χ1n) is 5.37. The second kappa shape index (κ2) is 5.75. The Morgan fingerprint density at radius 3 is 2.61 bits per heavy atom. The van der Waals surface area contributed by atoms with Gasteiger partial charge in [-0.25, -0.2) is 0 Å². The van der Waals surface area contributed by atoms with E-state index in [1.807, 2.05) is 0 Å². The number of rotatable bonds is 5. The molecule has 0 bridgehead atoms. The first-order chi connectivity index (χ1) is 8.34. The van der Waals surface area contributed by atoms with E-state index in [-0.39, 0.29) is 12.4 Å². The van der Waals surface area contributed by atoms with Gasteiger partial charge in [-0.05, 0) is 24.6 Å². The predicted molar refractivity (Wildman–Crippen MR) is 58.4 cm³/mol. The predicted octanol–water partition coefficient (Wildman–Crippen LogP) is 3.20. The van der Waals surface area contributed by atoms with Crippen molar-refractivity contribution in [1.29, 1.82) is 0 Å². The lowest BCUT2D eigenvalue weighted by Gasteiger charge is -2.13. The molecule has 1 unspecified atom stereocenters. The van der Waals surface area contributed by atoms with Crippen molar-refractivity contribution >= 4 is 5.97 Å². The molecule has 0 radical (unpaired) electrons. The maximum Gasteiger partial charge on any atom is 0.416 e. The number of ether oxygens (including phenoxy) is 1. The molecule has 0 heterocycles. The third kappa shape index (κ3) is 3.94. The molecule has 0 aliphatic rings. The zero-order valence-electron chi connectivity index (χ0n) is 9.70. The van der Waals surface area contributed by atoms with E-state index in [0.29, 0.717) is 6.42 Å². The molecule has 6 heteroatoms. The Kier molecular flexibility index (Phi) is 4.58. The normalized spacial score (nSPS) is 13.1. The molecule has 0 saturated heterocycles. The highest BCUT2D eigenvalue weighted by molar-refractivity contribution is 5.70. The van der Waals surface area contributed by atoms with E-state index < -0.39 is 23.6 Å². The van der Waals surface area contributed by atoms with Crippen molar-refractivity contribution in [2.45, 2.75) is 19.5 Å². The Labute approximate surface area is 102 Å². The number of carboxylic acids is 1. The molecule has 0 saturated carbocycles. The topological polar surface area (TPSA) is 46.5 Å². The summed E-state index contributed by atoms with van der Waals surface area (Å²) in [6.45, 7) is 1.53. The number of carbonyl (C=O) groups is 1. The molecule has 0 fully saturated rings. The van der Waals surface area contributed by atoms with Crippen molar-refractivity contribution < 1.29 is 27.8 Å². The fourth-order valence-electron chi connectivity index (χ4n) is 1.32. The molecule has 0 aliphatic heterocycles. The van der Waals surface area contributed by atoms with Crippen LogP contribution in [0.4, 0.5) is 13.2 Å². The average molecular weight is 262 g/mol. The summed E-state index contributed by atoms with van der Waals surface area (Å²) in [6, 6.07) is 4.37. The van der Waals surface area contributed by atoms with Crippen LogP contribution < -0.4 is 4.74 Å². The Hall–Kier alpha value is -1.72. The summed E-state index contributed by atoms with van der Waals surface area (Å²) < 4.78 is 42.3. The third-order valence-corrected chi connectivity index (χ3v) is 2.45. The highest BCUT2D eigenvalue weighted by Crippen LogP contribution is 2.31. The van der Waals surface area contributed by atoms with Gasteiger partial charge in [-0.3, -0.25) is 4.79 Å². The van der Waals surface area contributed by atoms with Crippen LogP contribution in [0, 0.1) is 5.92 Å². The summed E-state index contributed by atoms with van der Waals surface area (Å²) in [5, 5.41) is 8.78. The van der Waals surface area contributed by atoms with Gasteiger partial charge in [0.25, 0.3) is 0 Å². The van der Waals surface area contributed by atoms with Crippen molar-refractivity contribution in [3.63, 3.8) is 0 Å². The second-order valence-electron chi connectivity index (χ2n) is 3.78. The van der Waals surface area contributed by atoms with Crippen LogP contribution in [0.3, 0.4) is 0 Å². The molecule has 0 aliphatic carbocycles. The van der Waals surface area contributed by atoms with Crippen molar-refractivity contribution in [1.82, 2.24) is 0 Å². The molecule has 0 spiro atoms. The number of hydrogen-bond acceptors (Lipinski definition) is 2. The lowest BCUT2D eigenvalue weighted by molar-refractivity contribution is -0.143. The Morgan fingerprint density at radius 2 is 2.11 bits per heavy atom. The fraction of sp³-hybridized carbons (Fsp3) is 0.417. The molecular formula is C12H13F3O3. The van der Waals surface area contributed by atoms with Gasteiger partial charge in [0, 0.05) is 0 Å². The van der Waals surface area contributed by atoms with Crippen LogP contribution in [0.1, 0.15) is 18.9 Å². The Bertz CT molecular complexity index is 415. The molecule has 18 heavy (non-hydrogen) atoms. The highest BCUT2D eigenvalue weighted by atomic mass is 19.4. The van der Waals surface area contributed by atoms with Crippen LogP contribution in [0.2, 0.25) is 0 Å². The average Bonchev–Trinajstić information content (AvgIpc) is 2.28. The van der Waals surface area contributed by atoms with Crippen LogP contribution in [0.5, 0.6) is 5.75 Å². The maximum atomic E-state index is 12.4. The van der Waals surface area contributed by atoms with E-state index in [4.69, 9.17) is 9.84 Å². The number of aliphatic carboxylic acids is 1. The van der Waals surface area contributed by atoms with Crippen LogP contribution in [0.15, 0.2) is 24.3 Å². The van der Waals surface area contributed by atoms with E-state index >= 15 is 0 Å². The fourth-order valence-corrected chi connectivity index (χ4v) is 1.32. The van der Waals surface area contributed by atoms with Gasteiger partial charge in [-0.2, -0.15) is 13.2 Å². The zero-order chi connectivity index (χ0) is 13.8. The summed E-state index contributed by atoms with van der Waals surface area (Å²) in [5.74, 6) is -1.73. The van der Waals surface area contributed by atoms with E-state index in [0.717, 1.165) is 12.1 Å². The van der Waals surface area contributed by atoms with Crippen molar-refractivity contribution in [2.75, 3.05) is 6.61 Å². The van der Waals surface area contributed by atoms with Gasteiger partial charge < -0.3 is 9.84 Å². The Balaban J connectivity index is 2.71. The van der Waals surface area contributed by atoms with Crippen molar-refractivity contribution in [2.24, 2.45) is 5.92 Å². The lowest BCUT2D eigenvalue weighted by atomic mass is 10.1. The highest BCUT2D eigenvalue weighted by Gasteiger charge is 2.30. The zero-order valence-corrected chi connectivity index (χ0v) is 9.70. The molecule has 1 aromatic carbocycles. The molecule has 100 valence electrons. The van der Waals surface area contributed by atoms with E-state index in [1.54, 1.807) is 6.92 Å². The molecule has 1 rings (SSSR count). The van der Waals surface area contributed by atoms with E-state index in [2.05, 4.69) is 0 Å². The quantitative estimate of drug-likeness (QED) is 0.886. The molecule has 0 aromatic heterocycles. The lowest BCUT2D eigenvalue weighted by Crippen LogP contribution is -2.20. The number of hydrogen-bond donors (Lipinski definition) is 1. The maximum absolute atomic E-state index is 12.4. The molecule has 0 amide bonds. The summed E-state index contributed by atoms with van der Waals surface area (Å²) in [5.41, 5.74) is -0.816. The standard InChI is InChI=1S/C12H13F3O3/c1-2-8(11(16)17)7-18-10-5-3-4-9(6-10)12(13,14)15/h3-6,8H,2,7H2,1H3,(H,16,17). The number of alkyl halides is 3. The molecule has 3 nitrogen and oxygen atoms in total. The minimum absolute atomic E-state index is 0.0181. The molecule has 1 atom stereocenters. The minimum atomic E-state index is -4.43. The number of halogens is 3. The third-order valence-electron chi connectivity index (χ3n) is 2.45. The van der Waals surface area contributed by atoms with Crippen molar-refractivity contribution in [3.8, 4) is 5.75 Å². The second-order valence-corrected chi connectivity index (χ2v) is 3.78. The van der Waals surface area contributed by atoms with Crippen LogP contribution >= 0.6 is 0 Å². The molecular weight excluding hydrogens is 249 g/mol. The molecule has 1 aromatic rings. The van der Waals surface area contributed by atoms with Crippen molar-refractivity contribution in [3.05, 3.63) is 29.8 Å². The van der Waals surface area contributed by atoms with Gasteiger partial charge in [0.15, 0.2) is 0 Å².